The number of nitrogens with zero attached hydrogens (tertiary/aromatic N) is 4. The first-order valence-electron chi connectivity index (χ1n) is 13.9. The van der Waals surface area contributed by atoms with Crippen LogP contribution in [0.5, 0.6) is 17.2 Å². The Morgan fingerprint density at radius 1 is 1.00 bits per heavy atom. The van der Waals surface area contributed by atoms with E-state index in [1.807, 2.05) is 68.6 Å². The first kappa shape index (κ1) is 28.2. The zero-order chi connectivity index (χ0) is 30.4. The predicted molar refractivity (Wildman–Crippen MR) is 164 cm³/mol. The third kappa shape index (κ3) is 4.65. The van der Waals surface area contributed by atoms with Crippen LogP contribution in [0.25, 0.3) is 21.6 Å². The number of ketones is 1. The van der Waals surface area contributed by atoms with Gasteiger partial charge in [-0.2, -0.15) is 0 Å². The van der Waals surface area contributed by atoms with Gasteiger partial charge in [-0.25, -0.2) is 9.97 Å². The summed E-state index contributed by atoms with van der Waals surface area (Å²) >= 11 is 1.26. The summed E-state index contributed by atoms with van der Waals surface area (Å²) in [6.45, 7) is 8.43. The molecule has 1 saturated heterocycles. The van der Waals surface area contributed by atoms with Crippen molar-refractivity contribution in [3.63, 3.8) is 0 Å². The van der Waals surface area contributed by atoms with Crippen LogP contribution in [0.15, 0.2) is 60.3 Å². The van der Waals surface area contributed by atoms with Crippen molar-refractivity contribution in [2.24, 2.45) is 0 Å². The topological polar surface area (TPSA) is 115 Å². The molecule has 1 unspecified atom stereocenters. The molecule has 1 amide bonds. The lowest BCUT2D eigenvalue weighted by atomic mass is 9.96. The van der Waals surface area contributed by atoms with Crippen LogP contribution in [0.1, 0.15) is 42.4 Å². The Labute approximate surface area is 251 Å². The second kappa shape index (κ2) is 11.1. The number of carbonyl (C=O) groups excluding carboxylic acids is 2. The van der Waals surface area contributed by atoms with E-state index in [1.165, 1.54) is 23.3 Å². The number of Topliss-reactive ketones (excluding diaryl/α,β-unsaturated/α-hetero) is 1. The molecular weight excluding hydrogens is 568 g/mol. The van der Waals surface area contributed by atoms with Gasteiger partial charge in [-0.1, -0.05) is 23.5 Å². The number of anilines is 1. The summed E-state index contributed by atoms with van der Waals surface area (Å²) in [4.78, 5) is 38.4. The molecule has 1 atom stereocenters. The van der Waals surface area contributed by atoms with E-state index in [2.05, 4.69) is 4.98 Å². The summed E-state index contributed by atoms with van der Waals surface area (Å²) in [5.74, 6) is -0.383. The number of rotatable bonds is 8. The number of thiazole rings is 1. The van der Waals surface area contributed by atoms with Gasteiger partial charge in [0.15, 0.2) is 22.4 Å². The number of benzene rings is 2. The molecule has 6 rings (SSSR count). The first-order valence-corrected chi connectivity index (χ1v) is 14.7. The van der Waals surface area contributed by atoms with Gasteiger partial charge in [0.05, 0.1) is 47.8 Å². The van der Waals surface area contributed by atoms with E-state index in [0.717, 1.165) is 10.3 Å². The molecule has 10 nitrogen and oxygen atoms in total. The number of methoxy groups -OCH3 is 1. The standard InChI is InChI=1S/C32H30N4O6S/c1-6-41-20-11-12-21-24(16-20)43-32(33-21)36-27(19-10-13-22(42-7-2)23(15-19)40-5)25(29(38)31(36)39)28(37)26-18(4)35-14-8-9-17(3)30(35)34-26/h8-16,27,37H,6-7H2,1-5H3. The van der Waals surface area contributed by atoms with Gasteiger partial charge in [0, 0.05) is 6.20 Å². The van der Waals surface area contributed by atoms with Crippen molar-refractivity contribution in [1.82, 2.24) is 14.4 Å². The van der Waals surface area contributed by atoms with E-state index in [-0.39, 0.29) is 17.0 Å². The van der Waals surface area contributed by atoms with Crippen LogP contribution in [0.4, 0.5) is 5.13 Å². The lowest BCUT2D eigenvalue weighted by Crippen LogP contribution is -2.29. The van der Waals surface area contributed by atoms with Crippen molar-refractivity contribution in [3.8, 4) is 17.2 Å². The summed E-state index contributed by atoms with van der Waals surface area (Å²) in [5.41, 5.74) is 3.50. The van der Waals surface area contributed by atoms with E-state index in [1.54, 1.807) is 18.2 Å². The van der Waals surface area contributed by atoms with Gasteiger partial charge in [0.1, 0.15) is 17.1 Å². The molecule has 2 aromatic carbocycles. The molecule has 1 aliphatic heterocycles. The minimum absolute atomic E-state index is 0.0883. The number of aliphatic hydroxyl groups is 1. The Morgan fingerprint density at radius 3 is 2.51 bits per heavy atom. The minimum atomic E-state index is -1.01. The van der Waals surface area contributed by atoms with Crippen molar-refractivity contribution in [2.75, 3.05) is 25.2 Å². The highest BCUT2D eigenvalue weighted by molar-refractivity contribution is 7.22. The Balaban J connectivity index is 1.58. The van der Waals surface area contributed by atoms with E-state index in [9.17, 15) is 14.7 Å². The van der Waals surface area contributed by atoms with Gasteiger partial charge in [0.25, 0.3) is 5.78 Å². The molecule has 43 heavy (non-hydrogen) atoms. The Hall–Kier alpha value is -4.90. The number of pyridine rings is 1. The largest absolute Gasteiger partial charge is 0.505 e. The van der Waals surface area contributed by atoms with E-state index < -0.39 is 17.7 Å². The highest BCUT2D eigenvalue weighted by Crippen LogP contribution is 2.46. The van der Waals surface area contributed by atoms with Crippen molar-refractivity contribution < 1.29 is 28.9 Å². The first-order chi connectivity index (χ1) is 20.8. The van der Waals surface area contributed by atoms with Crippen LogP contribution < -0.4 is 19.1 Å². The molecule has 1 aliphatic rings. The van der Waals surface area contributed by atoms with Crippen molar-refractivity contribution in [1.29, 1.82) is 0 Å². The molecule has 4 heterocycles. The number of hydrogen-bond donors (Lipinski definition) is 1. The van der Waals surface area contributed by atoms with Gasteiger partial charge >= 0.3 is 5.91 Å². The number of fused-ring (bicyclic) bond motifs is 2. The molecule has 3 aromatic heterocycles. The number of carbonyl (C=O) groups is 2. The molecule has 0 radical (unpaired) electrons. The average molecular weight is 599 g/mol. The molecule has 1 N–H and O–H groups in total. The van der Waals surface area contributed by atoms with Gasteiger partial charge in [-0.3, -0.25) is 14.5 Å². The normalized spacial score (nSPS) is 16.4. The maximum absolute atomic E-state index is 13.8. The van der Waals surface area contributed by atoms with Crippen LogP contribution in [0.2, 0.25) is 0 Å². The van der Waals surface area contributed by atoms with Gasteiger partial charge in [-0.05, 0) is 75.2 Å². The van der Waals surface area contributed by atoms with Crippen LogP contribution in [-0.4, -0.2) is 51.5 Å². The third-order valence-electron chi connectivity index (χ3n) is 7.42. The number of hydrogen-bond acceptors (Lipinski definition) is 9. The quantitative estimate of drug-likeness (QED) is 0.132. The second-order valence-electron chi connectivity index (χ2n) is 10.0. The molecule has 220 valence electrons. The fraction of sp³-hybridized carbons (Fsp3) is 0.250. The summed E-state index contributed by atoms with van der Waals surface area (Å²) in [6, 6.07) is 13.5. The summed E-state index contributed by atoms with van der Waals surface area (Å²) < 4.78 is 19.6. The number of amides is 1. The Morgan fingerprint density at radius 2 is 1.79 bits per heavy atom. The average Bonchev–Trinajstić information content (AvgIpc) is 3.65. The third-order valence-corrected chi connectivity index (χ3v) is 8.44. The summed E-state index contributed by atoms with van der Waals surface area (Å²) in [5, 5.41) is 12.1. The molecule has 11 heteroatoms. The number of aliphatic hydroxyl groups excluding tert-OH is 1. The van der Waals surface area contributed by atoms with E-state index in [0.29, 0.717) is 58.0 Å². The maximum atomic E-state index is 13.8. The highest BCUT2D eigenvalue weighted by atomic mass is 32.1. The van der Waals surface area contributed by atoms with Crippen molar-refractivity contribution in [3.05, 3.63) is 82.8 Å². The second-order valence-corrected chi connectivity index (χ2v) is 11.0. The summed E-state index contributed by atoms with van der Waals surface area (Å²) in [7, 11) is 1.52. The van der Waals surface area contributed by atoms with E-state index in [4.69, 9.17) is 19.2 Å². The fourth-order valence-electron chi connectivity index (χ4n) is 5.40. The molecule has 5 aromatic rings. The van der Waals surface area contributed by atoms with Crippen LogP contribution in [-0.2, 0) is 9.59 Å². The number of ether oxygens (including phenoxy) is 3. The number of aromatic nitrogens is 3. The zero-order valence-corrected chi connectivity index (χ0v) is 25.2. The lowest BCUT2D eigenvalue weighted by molar-refractivity contribution is -0.132. The highest BCUT2D eigenvalue weighted by Gasteiger charge is 2.49. The molecule has 1 fully saturated rings. The smallest absolute Gasteiger partial charge is 0.301 e. The number of imidazole rings is 1. The van der Waals surface area contributed by atoms with Crippen molar-refractivity contribution in [2.45, 2.75) is 33.7 Å². The summed E-state index contributed by atoms with van der Waals surface area (Å²) in [6.07, 6.45) is 1.84. The molecule has 0 spiro atoms. The predicted octanol–water partition coefficient (Wildman–Crippen LogP) is 5.99. The Bertz CT molecular complexity index is 1940. The molecule has 0 saturated carbocycles. The lowest BCUT2D eigenvalue weighted by Gasteiger charge is -2.23. The fourth-order valence-corrected chi connectivity index (χ4v) is 6.42. The van der Waals surface area contributed by atoms with Gasteiger partial charge < -0.3 is 23.7 Å². The van der Waals surface area contributed by atoms with Gasteiger partial charge in [-0.15, -0.1) is 0 Å². The monoisotopic (exact) mass is 598 g/mol. The van der Waals surface area contributed by atoms with Crippen molar-refractivity contribution >= 4 is 49.8 Å². The minimum Gasteiger partial charge on any atom is -0.505 e. The van der Waals surface area contributed by atoms with Crippen LogP contribution in [0, 0.1) is 13.8 Å². The van der Waals surface area contributed by atoms with Crippen LogP contribution >= 0.6 is 11.3 Å². The maximum Gasteiger partial charge on any atom is 0.301 e. The number of aryl methyl sites for hydroxylation is 2. The van der Waals surface area contributed by atoms with E-state index >= 15 is 0 Å². The molecular formula is C32H30N4O6S. The SMILES string of the molecule is CCOc1ccc2nc(N3C(=O)C(=O)C(=C(O)c4nc5c(C)cccn5c4C)C3c3ccc(OCC)c(OC)c3)sc2c1. The molecule has 0 bridgehead atoms. The Kier molecular flexibility index (Phi) is 7.26. The van der Waals surface area contributed by atoms with Crippen LogP contribution in [0.3, 0.4) is 0 Å². The molecule has 0 aliphatic carbocycles. The zero-order valence-electron chi connectivity index (χ0n) is 24.4. The van der Waals surface area contributed by atoms with Gasteiger partial charge in [0.2, 0.25) is 0 Å².